The summed E-state index contributed by atoms with van der Waals surface area (Å²) in [4.78, 5) is 23.2. The van der Waals surface area contributed by atoms with Crippen molar-refractivity contribution in [2.45, 2.75) is 13.8 Å². The molecule has 2 aromatic carbocycles. The number of carbonyl (C=O) groups is 2. The molecule has 0 heterocycles. The monoisotopic (exact) mass is 455 g/mol. The van der Waals surface area contributed by atoms with Gasteiger partial charge in [-0.05, 0) is 66.3 Å². The minimum Gasteiger partial charge on any atom is -0.490 e. The highest BCUT2D eigenvalue weighted by Gasteiger charge is 2.16. The van der Waals surface area contributed by atoms with Crippen LogP contribution in [0.4, 0.5) is 5.69 Å². The number of aryl methyl sites for hydroxylation is 1. The molecule has 0 saturated heterocycles. The van der Waals surface area contributed by atoms with Crippen LogP contribution in [-0.4, -0.2) is 30.2 Å². The third kappa shape index (κ3) is 5.35. The van der Waals surface area contributed by atoms with Crippen molar-refractivity contribution in [1.82, 2.24) is 0 Å². The van der Waals surface area contributed by atoms with E-state index in [1.807, 2.05) is 47.7 Å². The number of carbonyl (C=O) groups excluding carboxylic acids is 1. The van der Waals surface area contributed by atoms with Crippen molar-refractivity contribution in [2.75, 3.05) is 18.5 Å². The van der Waals surface area contributed by atoms with E-state index in [2.05, 4.69) is 5.32 Å². The van der Waals surface area contributed by atoms with Crippen LogP contribution in [0.3, 0.4) is 0 Å². The first-order chi connectivity index (χ1) is 11.9. The number of carboxylic acid groups (broad SMARTS) is 1. The quantitative estimate of drug-likeness (QED) is 0.622. The molecule has 0 radical (unpaired) electrons. The molecule has 2 rings (SSSR count). The van der Waals surface area contributed by atoms with Crippen LogP contribution in [0, 0.1) is 10.5 Å². The average molecular weight is 455 g/mol. The number of anilines is 1. The lowest BCUT2D eigenvalue weighted by Gasteiger charge is -2.14. The summed E-state index contributed by atoms with van der Waals surface area (Å²) in [5.74, 6) is -0.712. The molecule has 25 heavy (non-hydrogen) atoms. The molecule has 0 unspecified atom stereocenters. The number of benzene rings is 2. The van der Waals surface area contributed by atoms with Crippen molar-refractivity contribution < 1.29 is 24.2 Å². The number of amides is 1. The molecule has 0 saturated carbocycles. The lowest BCUT2D eigenvalue weighted by molar-refractivity contribution is -0.118. The number of hydrogen-bond acceptors (Lipinski definition) is 4. The molecule has 132 valence electrons. The van der Waals surface area contributed by atoms with Gasteiger partial charge in [-0.3, -0.25) is 4.79 Å². The van der Waals surface area contributed by atoms with Crippen LogP contribution in [-0.2, 0) is 4.79 Å². The van der Waals surface area contributed by atoms with E-state index < -0.39 is 5.97 Å². The molecule has 0 aromatic heterocycles. The highest BCUT2D eigenvalue weighted by atomic mass is 127. The molecule has 1 amide bonds. The molecule has 0 aliphatic heterocycles. The summed E-state index contributed by atoms with van der Waals surface area (Å²) in [7, 11) is 0. The highest BCUT2D eigenvalue weighted by Crippen LogP contribution is 2.34. The van der Waals surface area contributed by atoms with Crippen LogP contribution in [0.5, 0.6) is 11.5 Å². The molecule has 0 atom stereocenters. The van der Waals surface area contributed by atoms with Gasteiger partial charge in [0.2, 0.25) is 0 Å². The van der Waals surface area contributed by atoms with Crippen LogP contribution in [0.25, 0.3) is 0 Å². The largest absolute Gasteiger partial charge is 0.490 e. The van der Waals surface area contributed by atoms with Gasteiger partial charge in [-0.1, -0.05) is 12.1 Å². The Morgan fingerprint density at radius 2 is 1.96 bits per heavy atom. The molecule has 0 bridgehead atoms. The van der Waals surface area contributed by atoms with Crippen LogP contribution in [0.15, 0.2) is 36.4 Å². The molecule has 2 N–H and O–H groups in total. The van der Waals surface area contributed by atoms with Crippen molar-refractivity contribution in [3.05, 3.63) is 51.1 Å². The number of rotatable bonds is 7. The van der Waals surface area contributed by atoms with Crippen molar-refractivity contribution >= 4 is 40.2 Å². The normalized spacial score (nSPS) is 10.2. The van der Waals surface area contributed by atoms with E-state index in [-0.39, 0.29) is 18.1 Å². The predicted octanol–water partition coefficient (Wildman–Crippen LogP) is 3.71. The maximum atomic E-state index is 12.1. The molecule has 0 spiro atoms. The smallest absolute Gasteiger partial charge is 0.335 e. The van der Waals surface area contributed by atoms with Crippen molar-refractivity contribution in [2.24, 2.45) is 0 Å². The predicted molar refractivity (Wildman–Crippen MR) is 103 cm³/mol. The van der Waals surface area contributed by atoms with Crippen molar-refractivity contribution in [3.8, 4) is 11.5 Å². The number of aromatic carboxylic acids is 1. The van der Waals surface area contributed by atoms with E-state index in [0.29, 0.717) is 27.4 Å². The summed E-state index contributed by atoms with van der Waals surface area (Å²) in [5, 5.41) is 11.9. The van der Waals surface area contributed by atoms with E-state index >= 15 is 0 Å². The topological polar surface area (TPSA) is 84.9 Å². The van der Waals surface area contributed by atoms with Crippen LogP contribution in [0.2, 0.25) is 0 Å². The van der Waals surface area contributed by atoms with E-state index in [0.717, 1.165) is 5.56 Å². The zero-order valence-electron chi connectivity index (χ0n) is 13.8. The van der Waals surface area contributed by atoms with Gasteiger partial charge in [-0.2, -0.15) is 0 Å². The minimum absolute atomic E-state index is 0.101. The van der Waals surface area contributed by atoms with Crippen LogP contribution in [0.1, 0.15) is 22.8 Å². The minimum atomic E-state index is -1.05. The lowest BCUT2D eigenvalue weighted by atomic mass is 10.2. The van der Waals surface area contributed by atoms with Gasteiger partial charge in [0, 0.05) is 5.69 Å². The van der Waals surface area contributed by atoms with Crippen molar-refractivity contribution in [3.63, 3.8) is 0 Å². The number of nitrogens with one attached hydrogen (secondary N) is 1. The number of hydrogen-bond donors (Lipinski definition) is 2. The van der Waals surface area contributed by atoms with Gasteiger partial charge in [0.05, 0.1) is 15.7 Å². The lowest BCUT2D eigenvalue weighted by Crippen LogP contribution is -2.20. The van der Waals surface area contributed by atoms with E-state index in [4.69, 9.17) is 14.6 Å². The SMILES string of the molecule is CCOc1cc(C(=O)O)cc(I)c1OCC(=O)Nc1cccc(C)c1. The maximum Gasteiger partial charge on any atom is 0.335 e. The molecule has 2 aromatic rings. The van der Waals surface area contributed by atoms with Gasteiger partial charge in [0.1, 0.15) is 0 Å². The fourth-order valence-electron chi connectivity index (χ4n) is 2.15. The number of carboxylic acids is 1. The Morgan fingerprint density at radius 3 is 2.60 bits per heavy atom. The van der Waals surface area contributed by atoms with E-state index in [9.17, 15) is 9.59 Å². The zero-order chi connectivity index (χ0) is 18.4. The van der Waals surface area contributed by atoms with Gasteiger partial charge < -0.3 is 19.9 Å². The molecule has 0 fully saturated rings. The second-order valence-corrected chi connectivity index (χ2v) is 6.39. The summed E-state index contributed by atoms with van der Waals surface area (Å²) in [5.41, 5.74) is 1.83. The van der Waals surface area contributed by atoms with Crippen molar-refractivity contribution in [1.29, 1.82) is 0 Å². The Bertz CT molecular complexity index is 791. The molecular formula is C18H18INO5. The summed E-state index contributed by atoms with van der Waals surface area (Å²) in [6.07, 6.45) is 0. The molecule has 0 aliphatic rings. The van der Waals surface area contributed by atoms with Crippen LogP contribution >= 0.6 is 22.6 Å². The second kappa shape index (κ2) is 8.70. The van der Waals surface area contributed by atoms with Gasteiger partial charge in [-0.15, -0.1) is 0 Å². The average Bonchev–Trinajstić information content (AvgIpc) is 2.54. The molecule has 7 heteroatoms. The first-order valence-corrected chi connectivity index (χ1v) is 8.67. The highest BCUT2D eigenvalue weighted by molar-refractivity contribution is 14.1. The van der Waals surface area contributed by atoms with Gasteiger partial charge in [0.15, 0.2) is 18.1 Å². The molecular weight excluding hydrogens is 437 g/mol. The summed E-state index contributed by atoms with van der Waals surface area (Å²) in [6.45, 7) is 3.86. The fourth-order valence-corrected chi connectivity index (χ4v) is 2.91. The van der Waals surface area contributed by atoms with E-state index in [1.165, 1.54) is 12.1 Å². The van der Waals surface area contributed by atoms with E-state index in [1.54, 1.807) is 13.0 Å². The first-order valence-electron chi connectivity index (χ1n) is 7.59. The summed E-state index contributed by atoms with van der Waals surface area (Å²) < 4.78 is 11.6. The van der Waals surface area contributed by atoms with Gasteiger partial charge >= 0.3 is 5.97 Å². The molecule has 6 nitrogen and oxygen atoms in total. The first kappa shape index (κ1) is 19.0. The fraction of sp³-hybridized carbons (Fsp3) is 0.222. The summed E-state index contributed by atoms with van der Waals surface area (Å²) in [6, 6.07) is 10.3. The van der Waals surface area contributed by atoms with Gasteiger partial charge in [0.25, 0.3) is 5.91 Å². The second-order valence-electron chi connectivity index (χ2n) is 5.23. The molecule has 0 aliphatic carbocycles. The number of ether oxygens (including phenoxy) is 2. The zero-order valence-corrected chi connectivity index (χ0v) is 16.0. The maximum absolute atomic E-state index is 12.1. The van der Waals surface area contributed by atoms with Crippen LogP contribution < -0.4 is 14.8 Å². The standard InChI is InChI=1S/C18H18INO5/c1-3-24-15-9-12(18(22)23)8-14(19)17(15)25-10-16(21)20-13-6-4-5-11(2)7-13/h4-9H,3,10H2,1-2H3,(H,20,21)(H,22,23). The van der Waals surface area contributed by atoms with Gasteiger partial charge in [-0.25, -0.2) is 4.79 Å². The Labute approximate surface area is 159 Å². The third-order valence-corrected chi connectivity index (χ3v) is 4.01. The Kier molecular flexibility index (Phi) is 6.63. The Morgan fingerprint density at radius 1 is 1.20 bits per heavy atom. The third-order valence-electron chi connectivity index (χ3n) is 3.21. The Balaban J connectivity index is 2.11. The summed E-state index contributed by atoms with van der Waals surface area (Å²) >= 11 is 1.96. The number of halogens is 1. The Hall–Kier alpha value is -2.29.